The van der Waals surface area contributed by atoms with Gasteiger partial charge in [0.25, 0.3) is 6.04 Å². The molecule has 2 aromatic rings. The average Bonchev–Trinajstić information content (AvgIpc) is 3.31. The smallest absolute Gasteiger partial charge is 0.272 e. The van der Waals surface area contributed by atoms with Gasteiger partial charge in [-0.05, 0) is 40.4 Å². The molecule has 2 aliphatic rings. The molecule has 25 heavy (non-hydrogen) atoms. The van der Waals surface area contributed by atoms with E-state index in [0.717, 1.165) is 40.0 Å². The number of H-pyrrole nitrogens is 1. The molecule has 2 atom stereocenters. The third-order valence-corrected chi connectivity index (χ3v) is 6.12. The van der Waals surface area contributed by atoms with Gasteiger partial charge in [0.05, 0.1) is 17.7 Å². The lowest BCUT2D eigenvalue weighted by atomic mass is 9.78. The van der Waals surface area contributed by atoms with Crippen LogP contribution in [0.5, 0.6) is 0 Å². The van der Waals surface area contributed by atoms with E-state index in [1.54, 1.807) is 12.3 Å². The van der Waals surface area contributed by atoms with E-state index in [1.165, 1.54) is 12.8 Å². The van der Waals surface area contributed by atoms with Gasteiger partial charge in [-0.15, -0.1) is 0 Å². The standard InChI is InChI=1S/C19H16BrN5/c1-22-18-15(13-8-4-7-12(9-21)16(13)20)14-10-23-25-19(14)24-17(18)11-5-2-3-6-11/h4,7-8,10-11,15,18H,2-3,5-6H2,(H,23,25). The number of hydrogen-bond acceptors (Lipinski definition) is 3. The molecule has 4 rings (SSSR count). The first-order chi connectivity index (χ1) is 12.2. The first-order valence-corrected chi connectivity index (χ1v) is 9.20. The largest absolute Gasteiger partial charge is 0.306 e. The van der Waals surface area contributed by atoms with Crippen LogP contribution in [0, 0.1) is 23.8 Å². The number of rotatable bonds is 2. The van der Waals surface area contributed by atoms with Crippen molar-refractivity contribution in [3.63, 3.8) is 0 Å². The van der Waals surface area contributed by atoms with Gasteiger partial charge in [0.1, 0.15) is 11.8 Å². The highest BCUT2D eigenvalue weighted by atomic mass is 79.9. The van der Waals surface area contributed by atoms with Gasteiger partial charge in [0.15, 0.2) is 5.82 Å². The minimum absolute atomic E-state index is 0.165. The number of benzene rings is 1. The fraction of sp³-hybridized carbons (Fsp3) is 0.368. The third-order valence-electron chi connectivity index (χ3n) is 5.24. The maximum absolute atomic E-state index is 9.36. The van der Waals surface area contributed by atoms with Crippen LogP contribution in [0.3, 0.4) is 0 Å². The summed E-state index contributed by atoms with van der Waals surface area (Å²) >= 11 is 3.58. The molecule has 1 aromatic heterocycles. The summed E-state index contributed by atoms with van der Waals surface area (Å²) in [6, 6.07) is 7.51. The Hall–Kier alpha value is -2.44. The summed E-state index contributed by atoms with van der Waals surface area (Å²) in [4.78, 5) is 8.77. The summed E-state index contributed by atoms with van der Waals surface area (Å²) in [5, 5.41) is 16.5. The van der Waals surface area contributed by atoms with Crippen molar-refractivity contribution in [3.05, 3.63) is 57.0 Å². The number of fused-ring (bicyclic) bond motifs is 1. The number of nitrogens with zero attached hydrogens (tertiary/aromatic N) is 4. The Morgan fingerprint density at radius 2 is 2.08 bits per heavy atom. The van der Waals surface area contributed by atoms with Crippen LogP contribution < -0.4 is 0 Å². The Morgan fingerprint density at radius 3 is 2.80 bits per heavy atom. The molecule has 1 N–H and O–H groups in total. The Balaban J connectivity index is 1.89. The van der Waals surface area contributed by atoms with E-state index < -0.39 is 0 Å². The minimum Gasteiger partial charge on any atom is -0.306 e. The highest BCUT2D eigenvalue weighted by Crippen LogP contribution is 2.45. The second-order valence-electron chi connectivity index (χ2n) is 6.56. The van der Waals surface area contributed by atoms with Crippen LogP contribution in [0.1, 0.15) is 48.3 Å². The second-order valence-corrected chi connectivity index (χ2v) is 7.36. The van der Waals surface area contributed by atoms with Crippen LogP contribution in [0.25, 0.3) is 4.85 Å². The number of aliphatic imine (C=N–C) groups is 1. The molecule has 0 radical (unpaired) electrons. The highest BCUT2D eigenvalue weighted by molar-refractivity contribution is 9.10. The van der Waals surface area contributed by atoms with Gasteiger partial charge in [0, 0.05) is 16.0 Å². The van der Waals surface area contributed by atoms with Gasteiger partial charge in [-0.3, -0.25) is 5.10 Å². The molecule has 0 saturated heterocycles. The monoisotopic (exact) mass is 393 g/mol. The first-order valence-electron chi connectivity index (χ1n) is 8.41. The van der Waals surface area contributed by atoms with Crippen molar-refractivity contribution in [3.8, 4) is 6.07 Å². The Bertz CT molecular complexity index is 924. The molecule has 1 aromatic carbocycles. The van der Waals surface area contributed by atoms with Crippen LogP contribution in [-0.4, -0.2) is 22.0 Å². The minimum atomic E-state index is -0.349. The van der Waals surface area contributed by atoms with Crippen molar-refractivity contribution >= 4 is 27.5 Å². The molecule has 1 fully saturated rings. The topological polar surface area (TPSA) is 69.2 Å². The summed E-state index contributed by atoms with van der Waals surface area (Å²) in [5.41, 5.74) is 3.44. The molecule has 2 heterocycles. The average molecular weight is 394 g/mol. The summed E-state index contributed by atoms with van der Waals surface area (Å²) in [7, 11) is 0. The highest BCUT2D eigenvalue weighted by Gasteiger charge is 2.44. The molecule has 2 unspecified atom stereocenters. The fourth-order valence-corrected chi connectivity index (χ4v) is 4.65. The van der Waals surface area contributed by atoms with Gasteiger partial charge in [-0.1, -0.05) is 25.0 Å². The van der Waals surface area contributed by atoms with E-state index >= 15 is 0 Å². The molecule has 1 aliphatic carbocycles. The maximum atomic E-state index is 9.36. The quantitative estimate of drug-likeness (QED) is 0.748. The van der Waals surface area contributed by atoms with E-state index in [9.17, 15) is 5.26 Å². The second kappa shape index (κ2) is 6.46. The summed E-state index contributed by atoms with van der Waals surface area (Å²) in [5.74, 6) is 0.957. The molecule has 0 amide bonds. The van der Waals surface area contributed by atoms with E-state index in [0.29, 0.717) is 11.5 Å². The Labute approximate surface area is 154 Å². The van der Waals surface area contributed by atoms with Crippen molar-refractivity contribution in [1.29, 1.82) is 5.26 Å². The van der Waals surface area contributed by atoms with Crippen LogP contribution in [0.15, 0.2) is 33.9 Å². The maximum Gasteiger partial charge on any atom is 0.272 e. The SMILES string of the molecule is [C-]#[N+]C1C(C2CCCC2)=Nc2[nH]ncc2C1c1cccc(C#N)c1Br. The van der Waals surface area contributed by atoms with Gasteiger partial charge >= 0.3 is 0 Å². The summed E-state index contributed by atoms with van der Waals surface area (Å²) in [6.07, 6.45) is 6.35. The van der Waals surface area contributed by atoms with E-state index in [4.69, 9.17) is 11.6 Å². The van der Waals surface area contributed by atoms with Gasteiger partial charge < -0.3 is 4.85 Å². The normalized spacial score (nSPS) is 22.8. The summed E-state index contributed by atoms with van der Waals surface area (Å²) < 4.78 is 0.760. The number of nitriles is 1. The van der Waals surface area contributed by atoms with E-state index in [2.05, 4.69) is 37.0 Å². The van der Waals surface area contributed by atoms with Crippen LogP contribution in [0.4, 0.5) is 5.82 Å². The molecular weight excluding hydrogens is 378 g/mol. The lowest BCUT2D eigenvalue weighted by Crippen LogP contribution is -2.33. The van der Waals surface area contributed by atoms with Crippen LogP contribution >= 0.6 is 15.9 Å². The molecule has 1 aliphatic heterocycles. The molecular formula is C19H16BrN5. The molecule has 0 bridgehead atoms. The van der Waals surface area contributed by atoms with Crippen molar-refractivity contribution in [1.82, 2.24) is 10.2 Å². The lowest BCUT2D eigenvalue weighted by molar-refractivity contribution is 0.668. The molecule has 0 spiro atoms. The molecule has 124 valence electrons. The predicted molar refractivity (Wildman–Crippen MR) is 98.7 cm³/mol. The zero-order chi connectivity index (χ0) is 17.4. The number of aromatic amines is 1. The fourth-order valence-electron chi connectivity index (χ4n) is 4.05. The van der Waals surface area contributed by atoms with E-state index in [1.807, 2.05) is 12.1 Å². The van der Waals surface area contributed by atoms with Crippen molar-refractivity contribution in [2.75, 3.05) is 0 Å². The van der Waals surface area contributed by atoms with E-state index in [-0.39, 0.29) is 12.0 Å². The van der Waals surface area contributed by atoms with Crippen molar-refractivity contribution in [2.24, 2.45) is 10.9 Å². The van der Waals surface area contributed by atoms with Crippen molar-refractivity contribution < 1.29 is 0 Å². The molecule has 6 heteroatoms. The predicted octanol–water partition coefficient (Wildman–Crippen LogP) is 4.74. The van der Waals surface area contributed by atoms with Crippen molar-refractivity contribution in [2.45, 2.75) is 37.6 Å². The lowest BCUT2D eigenvalue weighted by Gasteiger charge is -2.27. The number of aromatic nitrogens is 2. The van der Waals surface area contributed by atoms with Crippen LogP contribution in [0.2, 0.25) is 0 Å². The zero-order valence-corrected chi connectivity index (χ0v) is 15.1. The van der Waals surface area contributed by atoms with Gasteiger partial charge in [-0.25, -0.2) is 11.6 Å². The number of hydrogen-bond donors (Lipinski definition) is 1. The van der Waals surface area contributed by atoms with Gasteiger partial charge in [0.2, 0.25) is 0 Å². The number of nitrogens with one attached hydrogen (secondary N) is 1. The third kappa shape index (κ3) is 2.58. The van der Waals surface area contributed by atoms with Gasteiger partial charge in [-0.2, -0.15) is 10.4 Å². The Kier molecular flexibility index (Phi) is 4.15. The summed E-state index contributed by atoms with van der Waals surface area (Å²) in [6.45, 7) is 7.87. The number of halogens is 1. The molecule has 1 saturated carbocycles. The zero-order valence-electron chi connectivity index (χ0n) is 13.5. The molecule has 5 nitrogen and oxygen atoms in total. The Morgan fingerprint density at radius 1 is 1.28 bits per heavy atom. The first kappa shape index (κ1) is 16.1. The van der Waals surface area contributed by atoms with Crippen LogP contribution in [-0.2, 0) is 0 Å².